The normalized spacial score (nSPS) is 11.2. The van der Waals surface area contributed by atoms with Crippen LogP contribution in [0.4, 0.5) is 9.52 Å². The third-order valence-corrected chi connectivity index (χ3v) is 5.40. The van der Waals surface area contributed by atoms with Crippen molar-refractivity contribution in [2.45, 2.75) is 4.90 Å². The van der Waals surface area contributed by atoms with E-state index in [1.165, 1.54) is 47.7 Å². The van der Waals surface area contributed by atoms with E-state index >= 15 is 0 Å². The molecule has 1 N–H and O–H groups in total. The number of hydrogen-bond acceptors (Lipinski definition) is 6. The third-order valence-electron chi connectivity index (χ3n) is 3.51. The molecule has 0 aliphatic carbocycles. The van der Waals surface area contributed by atoms with Gasteiger partial charge in [-0.1, -0.05) is 12.1 Å². The number of amides is 1. The van der Waals surface area contributed by atoms with Gasteiger partial charge in [0.1, 0.15) is 11.6 Å². The Hall–Kier alpha value is -2.78. The second-order valence-corrected chi connectivity index (χ2v) is 8.50. The largest absolute Gasteiger partial charge is 0.484 e. The molecule has 0 radical (unpaired) electrons. The number of nitrogens with zero attached hydrogens (tertiary/aromatic N) is 1. The predicted octanol–water partition coefficient (Wildman–Crippen LogP) is 3.37. The van der Waals surface area contributed by atoms with Crippen LogP contribution in [0.1, 0.15) is 0 Å². The zero-order valence-corrected chi connectivity index (χ0v) is 15.8. The topological polar surface area (TPSA) is 85.4 Å². The number of carbonyl (C=O) groups excluding carboxylic acids is 1. The first-order valence-corrected chi connectivity index (χ1v) is 10.5. The van der Waals surface area contributed by atoms with Gasteiger partial charge in [0.25, 0.3) is 5.91 Å². The van der Waals surface area contributed by atoms with Gasteiger partial charge in [-0.2, -0.15) is 0 Å². The number of nitrogens with one attached hydrogen (secondary N) is 1. The molecule has 3 aromatic rings. The van der Waals surface area contributed by atoms with Gasteiger partial charge in [-0.3, -0.25) is 10.1 Å². The zero-order valence-electron chi connectivity index (χ0n) is 14.2. The quantitative estimate of drug-likeness (QED) is 0.678. The van der Waals surface area contributed by atoms with E-state index in [2.05, 4.69) is 10.3 Å². The average Bonchev–Trinajstić information content (AvgIpc) is 3.09. The Balaban J connectivity index is 1.60. The average molecular weight is 406 g/mol. The molecule has 0 spiro atoms. The van der Waals surface area contributed by atoms with Crippen molar-refractivity contribution in [3.8, 4) is 17.0 Å². The van der Waals surface area contributed by atoms with Gasteiger partial charge >= 0.3 is 0 Å². The number of rotatable bonds is 6. The molecule has 0 atom stereocenters. The van der Waals surface area contributed by atoms with E-state index in [-0.39, 0.29) is 17.3 Å². The van der Waals surface area contributed by atoms with Crippen LogP contribution in [-0.2, 0) is 14.6 Å². The maximum atomic E-state index is 12.8. The molecule has 1 amide bonds. The molecular weight excluding hydrogens is 391 g/mol. The van der Waals surface area contributed by atoms with E-state index in [0.717, 1.165) is 11.8 Å². The Kier molecular flexibility index (Phi) is 5.52. The van der Waals surface area contributed by atoms with Gasteiger partial charge in [-0.25, -0.2) is 17.8 Å². The molecule has 0 saturated heterocycles. The van der Waals surface area contributed by atoms with Crippen molar-refractivity contribution in [2.24, 2.45) is 0 Å². The molecule has 0 saturated carbocycles. The number of aromatic nitrogens is 1. The van der Waals surface area contributed by atoms with Gasteiger partial charge in [-0.15, -0.1) is 11.3 Å². The molecule has 0 unspecified atom stereocenters. The summed E-state index contributed by atoms with van der Waals surface area (Å²) in [7, 11) is -3.25. The Morgan fingerprint density at radius 2 is 1.81 bits per heavy atom. The summed E-state index contributed by atoms with van der Waals surface area (Å²) in [6.45, 7) is -0.233. The maximum Gasteiger partial charge on any atom is 0.264 e. The summed E-state index contributed by atoms with van der Waals surface area (Å²) < 4.78 is 41.1. The van der Waals surface area contributed by atoms with Gasteiger partial charge in [0, 0.05) is 17.2 Å². The van der Waals surface area contributed by atoms with Crippen LogP contribution in [0.15, 0.2) is 58.8 Å². The van der Waals surface area contributed by atoms with Crippen molar-refractivity contribution in [3.63, 3.8) is 0 Å². The number of sulfone groups is 1. The van der Waals surface area contributed by atoms with Crippen LogP contribution in [-0.4, -0.2) is 32.2 Å². The number of anilines is 1. The second kappa shape index (κ2) is 7.85. The number of thiazole rings is 1. The van der Waals surface area contributed by atoms with Gasteiger partial charge < -0.3 is 4.74 Å². The van der Waals surface area contributed by atoms with Crippen LogP contribution in [0.5, 0.6) is 5.75 Å². The van der Waals surface area contributed by atoms with Crippen molar-refractivity contribution in [1.82, 2.24) is 4.98 Å². The lowest BCUT2D eigenvalue weighted by Crippen LogP contribution is -2.20. The summed E-state index contributed by atoms with van der Waals surface area (Å²) in [5.74, 6) is -0.392. The Morgan fingerprint density at radius 3 is 2.44 bits per heavy atom. The van der Waals surface area contributed by atoms with Crippen LogP contribution >= 0.6 is 11.3 Å². The molecule has 0 fully saturated rings. The first-order valence-electron chi connectivity index (χ1n) is 7.75. The van der Waals surface area contributed by atoms with Crippen molar-refractivity contribution in [2.75, 3.05) is 18.2 Å². The van der Waals surface area contributed by atoms with Crippen LogP contribution in [0, 0.1) is 5.82 Å². The highest BCUT2D eigenvalue weighted by Crippen LogP contribution is 2.26. The summed E-state index contributed by atoms with van der Waals surface area (Å²) >= 11 is 1.24. The van der Waals surface area contributed by atoms with Crippen LogP contribution in [0.25, 0.3) is 11.3 Å². The number of benzene rings is 2. The molecule has 140 valence electrons. The molecule has 3 rings (SSSR count). The second-order valence-electron chi connectivity index (χ2n) is 5.63. The predicted molar refractivity (Wildman–Crippen MR) is 101 cm³/mol. The van der Waals surface area contributed by atoms with Crippen LogP contribution in [0.2, 0.25) is 0 Å². The van der Waals surface area contributed by atoms with E-state index in [9.17, 15) is 17.6 Å². The Bertz CT molecular complexity index is 1050. The highest BCUT2D eigenvalue weighted by Gasteiger charge is 2.11. The van der Waals surface area contributed by atoms with E-state index in [0.29, 0.717) is 16.6 Å². The minimum absolute atomic E-state index is 0.230. The summed E-state index contributed by atoms with van der Waals surface area (Å²) in [6.07, 6.45) is 1.15. The fraction of sp³-hybridized carbons (Fsp3) is 0.111. The number of halogens is 1. The molecule has 0 bridgehead atoms. The number of carbonyl (C=O) groups is 1. The molecule has 9 heteroatoms. The standard InChI is InChI=1S/C18H15FN2O4S2/c1-27(23,24)15-8-2-12(3-9-15)16-11-26-18(20-16)21-17(22)10-25-14-6-4-13(19)5-7-14/h2-9,11H,10H2,1H3,(H,20,21,22). The molecule has 27 heavy (non-hydrogen) atoms. The monoisotopic (exact) mass is 406 g/mol. The van der Waals surface area contributed by atoms with Crippen molar-refractivity contribution in [1.29, 1.82) is 0 Å². The van der Waals surface area contributed by atoms with E-state index < -0.39 is 15.7 Å². The zero-order chi connectivity index (χ0) is 19.4. The molecular formula is C18H15FN2O4S2. The lowest BCUT2D eigenvalue weighted by molar-refractivity contribution is -0.118. The highest BCUT2D eigenvalue weighted by molar-refractivity contribution is 7.90. The van der Waals surface area contributed by atoms with Crippen LogP contribution in [0.3, 0.4) is 0 Å². The first kappa shape index (κ1) is 19.0. The molecule has 1 aromatic heterocycles. The van der Waals surface area contributed by atoms with Crippen molar-refractivity contribution >= 4 is 32.2 Å². The Labute approximate surface area is 159 Å². The first-order chi connectivity index (χ1) is 12.8. The summed E-state index contributed by atoms with van der Waals surface area (Å²) in [4.78, 5) is 16.5. The third kappa shape index (κ3) is 5.11. The van der Waals surface area contributed by atoms with E-state index in [4.69, 9.17) is 4.74 Å². The highest BCUT2D eigenvalue weighted by atomic mass is 32.2. The minimum atomic E-state index is -3.25. The molecule has 2 aromatic carbocycles. The summed E-state index contributed by atoms with van der Waals surface area (Å²) in [5, 5.41) is 4.77. The number of hydrogen-bond donors (Lipinski definition) is 1. The van der Waals surface area contributed by atoms with Gasteiger partial charge in [0.05, 0.1) is 10.6 Å². The van der Waals surface area contributed by atoms with Crippen molar-refractivity contribution < 1.29 is 22.3 Å². The summed E-state index contributed by atoms with van der Waals surface area (Å²) in [5.41, 5.74) is 1.36. The van der Waals surface area contributed by atoms with Gasteiger partial charge in [0.15, 0.2) is 21.6 Å². The smallest absolute Gasteiger partial charge is 0.264 e. The van der Waals surface area contributed by atoms with Gasteiger partial charge in [0.2, 0.25) is 0 Å². The lowest BCUT2D eigenvalue weighted by atomic mass is 10.2. The SMILES string of the molecule is CS(=O)(=O)c1ccc(-c2csc(NC(=O)COc3ccc(F)cc3)n2)cc1. The molecule has 0 aliphatic rings. The molecule has 0 aliphatic heterocycles. The fourth-order valence-electron chi connectivity index (χ4n) is 2.17. The summed E-state index contributed by atoms with van der Waals surface area (Å²) in [6, 6.07) is 11.7. The Morgan fingerprint density at radius 1 is 1.15 bits per heavy atom. The van der Waals surface area contributed by atoms with E-state index in [1.54, 1.807) is 17.5 Å². The maximum absolute atomic E-state index is 12.8. The van der Waals surface area contributed by atoms with E-state index in [1.807, 2.05) is 0 Å². The fourth-order valence-corrected chi connectivity index (χ4v) is 3.54. The van der Waals surface area contributed by atoms with Gasteiger partial charge in [-0.05, 0) is 36.4 Å². The number of ether oxygens (including phenoxy) is 1. The minimum Gasteiger partial charge on any atom is -0.484 e. The molecule has 6 nitrogen and oxygen atoms in total. The van der Waals surface area contributed by atoms with Crippen molar-refractivity contribution in [3.05, 3.63) is 59.7 Å². The van der Waals surface area contributed by atoms with Crippen LogP contribution < -0.4 is 10.1 Å². The lowest BCUT2D eigenvalue weighted by Gasteiger charge is -2.05. The molecule has 1 heterocycles.